The van der Waals surface area contributed by atoms with Gasteiger partial charge in [-0.2, -0.15) is 0 Å². The highest BCUT2D eigenvalue weighted by molar-refractivity contribution is 5.86. The van der Waals surface area contributed by atoms with Gasteiger partial charge >= 0.3 is 5.97 Å². The lowest BCUT2D eigenvalue weighted by Gasteiger charge is -2.27. The van der Waals surface area contributed by atoms with Crippen LogP contribution >= 0.6 is 0 Å². The van der Waals surface area contributed by atoms with Crippen LogP contribution in [-0.4, -0.2) is 47.2 Å². The predicted molar refractivity (Wildman–Crippen MR) is 58.3 cm³/mol. The van der Waals surface area contributed by atoms with Crippen molar-refractivity contribution in [3.63, 3.8) is 0 Å². The minimum absolute atomic E-state index is 0.00194. The monoisotopic (exact) mass is 239 g/mol. The average Bonchev–Trinajstić information content (AvgIpc) is 3.02. The van der Waals surface area contributed by atoms with Crippen molar-refractivity contribution in [1.82, 2.24) is 4.90 Å². The topological polar surface area (TPSA) is 66.8 Å². The number of rotatable bonds is 2. The van der Waals surface area contributed by atoms with Crippen molar-refractivity contribution in [2.75, 3.05) is 13.1 Å². The highest BCUT2D eigenvalue weighted by Crippen LogP contribution is 2.44. The molecule has 17 heavy (non-hydrogen) atoms. The first kappa shape index (κ1) is 11.0. The smallest absolute Gasteiger partial charge is 0.310 e. The van der Waals surface area contributed by atoms with Crippen LogP contribution in [0.4, 0.5) is 0 Å². The van der Waals surface area contributed by atoms with E-state index in [1.807, 2.05) is 4.90 Å². The van der Waals surface area contributed by atoms with E-state index in [2.05, 4.69) is 0 Å². The second-order valence-electron chi connectivity index (χ2n) is 5.21. The van der Waals surface area contributed by atoms with Crippen LogP contribution in [0.25, 0.3) is 0 Å². The molecule has 3 aliphatic rings. The van der Waals surface area contributed by atoms with Crippen LogP contribution in [0, 0.1) is 11.8 Å². The van der Waals surface area contributed by atoms with Crippen molar-refractivity contribution < 1.29 is 19.4 Å². The molecule has 0 radical (unpaired) electrons. The Hall–Kier alpha value is -1.10. The normalized spacial score (nSPS) is 39.9. The third kappa shape index (κ3) is 1.64. The molecule has 0 aromatic carbocycles. The van der Waals surface area contributed by atoms with E-state index in [1.54, 1.807) is 0 Å². The van der Waals surface area contributed by atoms with Crippen molar-refractivity contribution in [3.05, 3.63) is 0 Å². The zero-order valence-electron chi connectivity index (χ0n) is 9.67. The maximum absolute atomic E-state index is 12.3. The summed E-state index contributed by atoms with van der Waals surface area (Å²) in [6.07, 6.45) is 3.28. The number of hydrogen-bond acceptors (Lipinski definition) is 3. The molecule has 4 atom stereocenters. The molecule has 5 heteroatoms. The maximum atomic E-state index is 12.3. The molecular formula is C12H17NO4. The fourth-order valence-corrected chi connectivity index (χ4v) is 3.45. The minimum atomic E-state index is -0.880. The van der Waals surface area contributed by atoms with Crippen molar-refractivity contribution in [1.29, 1.82) is 0 Å². The third-order valence-electron chi connectivity index (χ3n) is 4.26. The van der Waals surface area contributed by atoms with Gasteiger partial charge in [0.15, 0.2) is 0 Å². The number of carboxylic acid groups (broad SMARTS) is 1. The molecule has 0 aliphatic carbocycles. The van der Waals surface area contributed by atoms with Crippen LogP contribution in [0.15, 0.2) is 0 Å². The van der Waals surface area contributed by atoms with Gasteiger partial charge in [0.2, 0.25) is 5.91 Å². The van der Waals surface area contributed by atoms with E-state index in [4.69, 9.17) is 4.74 Å². The Balaban J connectivity index is 1.80. The van der Waals surface area contributed by atoms with Crippen LogP contribution < -0.4 is 0 Å². The number of likely N-dealkylation sites (tertiary alicyclic amines) is 1. The summed E-state index contributed by atoms with van der Waals surface area (Å²) in [6, 6.07) is 0. The zero-order chi connectivity index (χ0) is 12.0. The zero-order valence-corrected chi connectivity index (χ0v) is 9.67. The predicted octanol–water partition coefficient (Wildman–Crippen LogP) is 0.487. The number of carboxylic acids is 1. The Morgan fingerprint density at radius 2 is 1.65 bits per heavy atom. The highest BCUT2D eigenvalue weighted by Gasteiger charge is 2.56. The molecule has 3 saturated heterocycles. The first-order valence-corrected chi connectivity index (χ1v) is 6.35. The van der Waals surface area contributed by atoms with E-state index in [-0.39, 0.29) is 18.1 Å². The van der Waals surface area contributed by atoms with Gasteiger partial charge in [0.1, 0.15) is 0 Å². The largest absolute Gasteiger partial charge is 0.481 e. The number of ether oxygens (including phenoxy) is 1. The van der Waals surface area contributed by atoms with Crippen molar-refractivity contribution in [2.45, 2.75) is 37.9 Å². The molecule has 3 fully saturated rings. The van der Waals surface area contributed by atoms with Crippen molar-refractivity contribution >= 4 is 11.9 Å². The maximum Gasteiger partial charge on any atom is 0.310 e. The highest BCUT2D eigenvalue weighted by atomic mass is 16.5. The van der Waals surface area contributed by atoms with E-state index in [9.17, 15) is 14.7 Å². The molecule has 1 N–H and O–H groups in total. The Morgan fingerprint density at radius 1 is 1.06 bits per heavy atom. The third-order valence-corrected chi connectivity index (χ3v) is 4.26. The summed E-state index contributed by atoms with van der Waals surface area (Å²) in [6.45, 7) is 1.55. The SMILES string of the molecule is O=C(O)[C@@H]1[C@@H](C(=O)N2CCCC2)[C@@H]2CC[C@@H]1O2. The molecule has 3 aliphatic heterocycles. The minimum Gasteiger partial charge on any atom is -0.481 e. The van der Waals surface area contributed by atoms with Gasteiger partial charge in [0.05, 0.1) is 24.0 Å². The number of carbonyl (C=O) groups is 2. The summed E-state index contributed by atoms with van der Waals surface area (Å²) in [4.78, 5) is 25.4. The molecule has 0 aromatic heterocycles. The van der Waals surface area contributed by atoms with Crippen molar-refractivity contribution in [3.8, 4) is 0 Å². The summed E-state index contributed by atoms with van der Waals surface area (Å²) in [5, 5.41) is 9.25. The number of nitrogens with zero attached hydrogens (tertiary/aromatic N) is 1. The van der Waals surface area contributed by atoms with Crippen LogP contribution in [0.2, 0.25) is 0 Å². The first-order chi connectivity index (χ1) is 8.18. The van der Waals surface area contributed by atoms with Crippen LogP contribution in [-0.2, 0) is 14.3 Å². The Labute approximate surface area is 99.7 Å². The molecule has 0 unspecified atom stereocenters. The second kappa shape index (κ2) is 3.98. The lowest BCUT2D eigenvalue weighted by Crippen LogP contribution is -2.44. The number of fused-ring (bicyclic) bond motifs is 2. The first-order valence-electron chi connectivity index (χ1n) is 6.35. The van der Waals surface area contributed by atoms with Gasteiger partial charge in [-0.15, -0.1) is 0 Å². The van der Waals surface area contributed by atoms with E-state index in [0.29, 0.717) is 0 Å². The second-order valence-corrected chi connectivity index (χ2v) is 5.21. The molecule has 1 amide bonds. The number of aliphatic carboxylic acids is 1. The van der Waals surface area contributed by atoms with Crippen LogP contribution in [0.5, 0.6) is 0 Å². The molecule has 2 bridgehead atoms. The lowest BCUT2D eigenvalue weighted by molar-refractivity contribution is -0.150. The van der Waals surface area contributed by atoms with E-state index in [0.717, 1.165) is 38.8 Å². The van der Waals surface area contributed by atoms with Gasteiger partial charge in [-0.05, 0) is 25.7 Å². The van der Waals surface area contributed by atoms with E-state index in [1.165, 1.54) is 0 Å². The van der Waals surface area contributed by atoms with Crippen LogP contribution in [0.1, 0.15) is 25.7 Å². The molecular weight excluding hydrogens is 222 g/mol. The average molecular weight is 239 g/mol. The number of amides is 1. The Kier molecular flexibility index (Phi) is 2.58. The van der Waals surface area contributed by atoms with Gasteiger partial charge in [-0.1, -0.05) is 0 Å². The molecule has 94 valence electrons. The summed E-state index contributed by atoms with van der Waals surface area (Å²) < 4.78 is 5.61. The molecule has 3 rings (SSSR count). The quantitative estimate of drug-likeness (QED) is 0.761. The van der Waals surface area contributed by atoms with Gasteiger partial charge in [-0.3, -0.25) is 9.59 Å². The molecule has 5 nitrogen and oxygen atoms in total. The number of carbonyl (C=O) groups excluding carboxylic acids is 1. The summed E-state index contributed by atoms with van der Waals surface area (Å²) >= 11 is 0. The number of hydrogen-bond donors (Lipinski definition) is 1. The fraction of sp³-hybridized carbons (Fsp3) is 0.833. The van der Waals surface area contributed by atoms with Crippen molar-refractivity contribution in [2.24, 2.45) is 11.8 Å². The van der Waals surface area contributed by atoms with Gasteiger partial charge in [0.25, 0.3) is 0 Å². The van der Waals surface area contributed by atoms with E-state index >= 15 is 0 Å². The Morgan fingerprint density at radius 3 is 2.24 bits per heavy atom. The summed E-state index contributed by atoms with van der Waals surface area (Å²) in [5.41, 5.74) is 0. The van der Waals surface area contributed by atoms with Crippen LogP contribution in [0.3, 0.4) is 0 Å². The lowest BCUT2D eigenvalue weighted by atomic mass is 9.78. The fourth-order valence-electron chi connectivity index (χ4n) is 3.45. The molecule has 0 saturated carbocycles. The molecule has 0 spiro atoms. The Bertz CT molecular complexity index is 350. The standard InChI is InChI=1S/C12H17NO4/c14-11(13-5-1-2-6-13)9-7-3-4-8(17-7)10(9)12(15)16/h7-10H,1-6H2,(H,15,16)/t7-,8-,9-,10-/m0/s1. The molecule has 3 heterocycles. The molecule has 0 aromatic rings. The van der Waals surface area contributed by atoms with Gasteiger partial charge < -0.3 is 14.7 Å². The van der Waals surface area contributed by atoms with Gasteiger partial charge in [0, 0.05) is 13.1 Å². The van der Waals surface area contributed by atoms with E-state index < -0.39 is 17.8 Å². The van der Waals surface area contributed by atoms with Gasteiger partial charge in [-0.25, -0.2) is 0 Å². The summed E-state index contributed by atoms with van der Waals surface area (Å²) in [5.74, 6) is -1.94. The summed E-state index contributed by atoms with van der Waals surface area (Å²) in [7, 11) is 0.